The molecule has 112 valence electrons. The van der Waals surface area contributed by atoms with E-state index in [1.165, 1.54) is 6.21 Å². The van der Waals surface area contributed by atoms with Crippen LogP contribution < -0.4 is 14.9 Å². The normalized spacial score (nSPS) is 13.1. The highest BCUT2D eigenvalue weighted by molar-refractivity contribution is 5.95. The van der Waals surface area contributed by atoms with E-state index in [9.17, 15) is 9.90 Å². The molecule has 0 aliphatic carbocycles. The molecule has 1 heterocycles. The third kappa shape index (κ3) is 3.17. The van der Waals surface area contributed by atoms with Gasteiger partial charge in [0, 0.05) is 5.56 Å². The Labute approximate surface area is 127 Å². The molecule has 22 heavy (non-hydrogen) atoms. The average Bonchev–Trinajstić information content (AvgIpc) is 2.54. The van der Waals surface area contributed by atoms with Gasteiger partial charge in [-0.1, -0.05) is 12.1 Å². The van der Waals surface area contributed by atoms with Gasteiger partial charge in [-0.05, 0) is 35.9 Å². The van der Waals surface area contributed by atoms with Crippen molar-refractivity contribution in [1.82, 2.24) is 5.43 Å². The van der Waals surface area contributed by atoms with E-state index in [0.717, 1.165) is 0 Å². The van der Waals surface area contributed by atoms with Crippen LogP contribution in [0.5, 0.6) is 17.2 Å². The van der Waals surface area contributed by atoms with Crippen LogP contribution in [0.4, 0.5) is 0 Å². The first-order valence-corrected chi connectivity index (χ1v) is 6.74. The highest BCUT2D eigenvalue weighted by atomic mass is 16.6. The van der Waals surface area contributed by atoms with E-state index in [1.54, 1.807) is 42.5 Å². The molecule has 1 amide bonds. The number of aromatic hydroxyl groups is 1. The second kappa shape index (κ2) is 6.17. The third-order valence-electron chi connectivity index (χ3n) is 3.05. The van der Waals surface area contributed by atoms with Gasteiger partial charge in [-0.2, -0.15) is 5.10 Å². The van der Waals surface area contributed by atoms with E-state index in [-0.39, 0.29) is 11.7 Å². The number of hydrazone groups is 1. The summed E-state index contributed by atoms with van der Waals surface area (Å²) in [7, 11) is 0. The second-order valence-corrected chi connectivity index (χ2v) is 4.65. The third-order valence-corrected chi connectivity index (χ3v) is 3.05. The SMILES string of the molecule is O=C(N/N=C\c1cccc(O)c1)c1ccc2c(c1)OCCO2. The monoisotopic (exact) mass is 298 g/mol. The molecule has 0 fully saturated rings. The first-order chi connectivity index (χ1) is 10.7. The van der Waals surface area contributed by atoms with Gasteiger partial charge in [-0.25, -0.2) is 5.43 Å². The van der Waals surface area contributed by atoms with Crippen LogP contribution in [0.25, 0.3) is 0 Å². The molecular weight excluding hydrogens is 284 g/mol. The summed E-state index contributed by atoms with van der Waals surface area (Å²) in [6.45, 7) is 0.973. The number of carbonyl (C=O) groups is 1. The fraction of sp³-hybridized carbons (Fsp3) is 0.125. The first kappa shape index (κ1) is 13.9. The molecule has 0 saturated carbocycles. The Hall–Kier alpha value is -3.02. The van der Waals surface area contributed by atoms with Gasteiger partial charge in [-0.15, -0.1) is 0 Å². The van der Waals surface area contributed by atoms with Crippen LogP contribution in [0.15, 0.2) is 47.6 Å². The number of phenolic OH excluding ortho intramolecular Hbond substituents is 1. The van der Waals surface area contributed by atoms with E-state index in [0.29, 0.717) is 35.8 Å². The van der Waals surface area contributed by atoms with Gasteiger partial charge in [0.2, 0.25) is 0 Å². The standard InChI is InChI=1S/C16H14N2O4/c19-13-3-1-2-11(8-13)10-17-18-16(20)12-4-5-14-15(9-12)22-7-6-21-14/h1-5,8-10,19H,6-7H2,(H,18,20)/b17-10-. The molecule has 6 heteroatoms. The molecule has 0 unspecified atom stereocenters. The Morgan fingerprint density at radius 1 is 1.14 bits per heavy atom. The number of fused-ring (bicyclic) bond motifs is 1. The summed E-state index contributed by atoms with van der Waals surface area (Å²) in [5.41, 5.74) is 3.54. The smallest absolute Gasteiger partial charge is 0.271 e. The topological polar surface area (TPSA) is 80.2 Å². The van der Waals surface area contributed by atoms with Gasteiger partial charge in [0.25, 0.3) is 5.91 Å². The summed E-state index contributed by atoms with van der Waals surface area (Å²) >= 11 is 0. The zero-order valence-corrected chi connectivity index (χ0v) is 11.7. The molecule has 2 aromatic carbocycles. The summed E-state index contributed by atoms with van der Waals surface area (Å²) in [5, 5.41) is 13.2. The summed E-state index contributed by atoms with van der Waals surface area (Å²) in [4.78, 5) is 12.0. The molecule has 0 saturated heterocycles. The van der Waals surface area contributed by atoms with Gasteiger partial charge in [0.15, 0.2) is 11.5 Å². The molecule has 2 N–H and O–H groups in total. The van der Waals surface area contributed by atoms with Crippen LogP contribution in [0.1, 0.15) is 15.9 Å². The van der Waals surface area contributed by atoms with Crippen molar-refractivity contribution in [2.75, 3.05) is 13.2 Å². The highest BCUT2D eigenvalue weighted by Gasteiger charge is 2.14. The molecule has 0 spiro atoms. The molecular formula is C16H14N2O4. The lowest BCUT2D eigenvalue weighted by Gasteiger charge is -2.18. The van der Waals surface area contributed by atoms with Crippen molar-refractivity contribution in [3.05, 3.63) is 53.6 Å². The maximum atomic E-state index is 12.0. The maximum absolute atomic E-state index is 12.0. The van der Waals surface area contributed by atoms with Crippen molar-refractivity contribution in [1.29, 1.82) is 0 Å². The number of phenols is 1. The van der Waals surface area contributed by atoms with Crippen LogP contribution in [0.2, 0.25) is 0 Å². The highest BCUT2D eigenvalue weighted by Crippen LogP contribution is 2.30. The molecule has 2 aromatic rings. The lowest BCUT2D eigenvalue weighted by Crippen LogP contribution is -2.19. The van der Waals surface area contributed by atoms with E-state index in [1.807, 2.05) is 0 Å². The quantitative estimate of drug-likeness (QED) is 0.670. The minimum Gasteiger partial charge on any atom is -0.508 e. The summed E-state index contributed by atoms with van der Waals surface area (Å²) in [6.07, 6.45) is 1.45. The number of nitrogens with zero attached hydrogens (tertiary/aromatic N) is 1. The average molecular weight is 298 g/mol. The lowest BCUT2D eigenvalue weighted by molar-refractivity contribution is 0.0954. The van der Waals surface area contributed by atoms with Gasteiger partial charge in [-0.3, -0.25) is 4.79 Å². The summed E-state index contributed by atoms with van der Waals surface area (Å²) in [6, 6.07) is 11.5. The number of benzene rings is 2. The van der Waals surface area contributed by atoms with Crippen molar-refractivity contribution >= 4 is 12.1 Å². The molecule has 3 rings (SSSR count). The molecule has 0 aromatic heterocycles. The van der Waals surface area contributed by atoms with E-state index in [2.05, 4.69) is 10.5 Å². The molecule has 6 nitrogen and oxygen atoms in total. The predicted octanol–water partition coefficient (Wildman–Crippen LogP) is 1.93. The van der Waals surface area contributed by atoms with Gasteiger partial charge in [0.05, 0.1) is 6.21 Å². The molecule has 0 bridgehead atoms. The first-order valence-electron chi connectivity index (χ1n) is 6.74. The van der Waals surface area contributed by atoms with E-state index < -0.39 is 0 Å². The summed E-state index contributed by atoms with van der Waals surface area (Å²) < 4.78 is 10.8. The minimum atomic E-state index is -0.353. The van der Waals surface area contributed by atoms with Gasteiger partial charge >= 0.3 is 0 Å². The fourth-order valence-electron chi connectivity index (χ4n) is 2.02. The Balaban J connectivity index is 1.67. The summed E-state index contributed by atoms with van der Waals surface area (Å²) in [5.74, 6) is 0.970. The zero-order chi connectivity index (χ0) is 15.4. The molecule has 1 aliphatic rings. The van der Waals surface area contributed by atoms with Crippen LogP contribution in [-0.2, 0) is 0 Å². The Morgan fingerprint density at radius 3 is 2.77 bits per heavy atom. The van der Waals surface area contributed by atoms with Gasteiger partial charge in [0.1, 0.15) is 19.0 Å². The predicted molar refractivity (Wildman–Crippen MR) is 80.6 cm³/mol. The molecule has 0 radical (unpaired) electrons. The van der Waals surface area contributed by atoms with Crippen LogP contribution >= 0.6 is 0 Å². The Kier molecular flexibility index (Phi) is 3.91. The van der Waals surface area contributed by atoms with E-state index in [4.69, 9.17) is 9.47 Å². The number of nitrogens with one attached hydrogen (secondary N) is 1. The van der Waals surface area contributed by atoms with Crippen molar-refractivity contribution in [2.45, 2.75) is 0 Å². The fourth-order valence-corrected chi connectivity index (χ4v) is 2.02. The maximum Gasteiger partial charge on any atom is 0.271 e. The van der Waals surface area contributed by atoms with Crippen molar-refractivity contribution in [3.8, 4) is 17.2 Å². The number of ether oxygens (including phenoxy) is 2. The minimum absolute atomic E-state index is 0.141. The van der Waals surface area contributed by atoms with Crippen LogP contribution in [0, 0.1) is 0 Å². The van der Waals surface area contributed by atoms with E-state index >= 15 is 0 Å². The van der Waals surface area contributed by atoms with Crippen molar-refractivity contribution in [3.63, 3.8) is 0 Å². The number of hydrogen-bond acceptors (Lipinski definition) is 5. The zero-order valence-electron chi connectivity index (χ0n) is 11.7. The van der Waals surface area contributed by atoms with Crippen molar-refractivity contribution in [2.24, 2.45) is 5.10 Å². The Morgan fingerprint density at radius 2 is 1.95 bits per heavy atom. The molecule has 0 atom stereocenters. The second-order valence-electron chi connectivity index (χ2n) is 4.65. The number of carbonyl (C=O) groups excluding carboxylic acids is 1. The van der Waals surface area contributed by atoms with Crippen LogP contribution in [0.3, 0.4) is 0 Å². The van der Waals surface area contributed by atoms with Crippen LogP contribution in [-0.4, -0.2) is 30.4 Å². The number of amides is 1. The molecule has 1 aliphatic heterocycles. The van der Waals surface area contributed by atoms with Crippen molar-refractivity contribution < 1.29 is 19.4 Å². The largest absolute Gasteiger partial charge is 0.508 e. The van der Waals surface area contributed by atoms with Gasteiger partial charge < -0.3 is 14.6 Å². The lowest BCUT2D eigenvalue weighted by atomic mass is 10.2. The number of rotatable bonds is 3. The number of hydrogen-bond donors (Lipinski definition) is 2. The Bertz CT molecular complexity index is 728.